The van der Waals surface area contributed by atoms with Gasteiger partial charge in [0.15, 0.2) is 0 Å². The molecule has 0 saturated heterocycles. The van der Waals surface area contributed by atoms with E-state index in [4.69, 9.17) is 11.6 Å². The van der Waals surface area contributed by atoms with Crippen LogP contribution in [0.3, 0.4) is 0 Å². The van der Waals surface area contributed by atoms with E-state index in [1.807, 2.05) is 25.4 Å². The second-order valence-electron chi connectivity index (χ2n) is 5.38. The Bertz CT molecular complexity index is 852. The van der Waals surface area contributed by atoms with Gasteiger partial charge in [0.2, 0.25) is 0 Å². The summed E-state index contributed by atoms with van der Waals surface area (Å²) in [6.45, 7) is 0.414. The van der Waals surface area contributed by atoms with E-state index in [2.05, 4.69) is 22.0 Å². The first kappa shape index (κ1) is 15.6. The normalized spacial score (nSPS) is 10.9. The summed E-state index contributed by atoms with van der Waals surface area (Å²) in [6, 6.07) is 12.3. The minimum absolute atomic E-state index is 0.105. The number of rotatable bonds is 4. The second kappa shape index (κ2) is 6.42. The Morgan fingerprint density at radius 2 is 2.00 bits per heavy atom. The minimum atomic E-state index is -0.611. The standard InChI is InChI=1S/C18H16ClFN2O/c1-22-11-12(13-5-2-3-8-16(13)22)9-10-21-18(23)17-14(19)6-4-7-15(17)20/h2-8,11H,9-10H2,1H3,(H,21,23). The van der Waals surface area contributed by atoms with Crippen LogP contribution in [0.15, 0.2) is 48.7 Å². The molecule has 0 aliphatic carbocycles. The smallest absolute Gasteiger partial charge is 0.255 e. The predicted molar refractivity (Wildman–Crippen MR) is 90.4 cm³/mol. The summed E-state index contributed by atoms with van der Waals surface area (Å²) in [5, 5.41) is 4.01. The van der Waals surface area contributed by atoms with Gasteiger partial charge in [0.05, 0.1) is 10.6 Å². The molecule has 0 aliphatic heterocycles. The fourth-order valence-electron chi connectivity index (χ4n) is 2.74. The lowest BCUT2D eigenvalue weighted by atomic mass is 10.1. The van der Waals surface area contributed by atoms with Crippen LogP contribution in [0, 0.1) is 5.82 Å². The largest absolute Gasteiger partial charge is 0.352 e. The van der Waals surface area contributed by atoms with Crippen LogP contribution >= 0.6 is 11.6 Å². The molecule has 0 fully saturated rings. The van der Waals surface area contributed by atoms with Crippen LogP contribution < -0.4 is 5.32 Å². The number of halogens is 2. The molecule has 1 aromatic heterocycles. The van der Waals surface area contributed by atoms with Crippen LogP contribution in [0.5, 0.6) is 0 Å². The van der Waals surface area contributed by atoms with Crippen LogP contribution in [-0.4, -0.2) is 17.0 Å². The first-order valence-corrected chi connectivity index (χ1v) is 7.71. The number of aromatic nitrogens is 1. The van der Waals surface area contributed by atoms with Crippen molar-refractivity contribution in [2.24, 2.45) is 7.05 Å². The van der Waals surface area contributed by atoms with Crippen molar-refractivity contribution in [2.45, 2.75) is 6.42 Å². The molecule has 0 spiro atoms. The van der Waals surface area contributed by atoms with Gasteiger partial charge in [0.25, 0.3) is 5.91 Å². The Morgan fingerprint density at radius 3 is 2.78 bits per heavy atom. The average Bonchev–Trinajstić information content (AvgIpc) is 2.84. The third kappa shape index (κ3) is 3.08. The van der Waals surface area contributed by atoms with Crippen molar-refractivity contribution in [3.8, 4) is 0 Å². The molecule has 23 heavy (non-hydrogen) atoms. The van der Waals surface area contributed by atoms with Crippen LogP contribution in [0.4, 0.5) is 4.39 Å². The molecule has 3 rings (SSSR count). The average molecular weight is 331 g/mol. The summed E-state index contributed by atoms with van der Waals surface area (Å²) in [5.41, 5.74) is 2.18. The van der Waals surface area contributed by atoms with E-state index < -0.39 is 11.7 Å². The number of nitrogens with zero attached hydrogens (tertiary/aromatic N) is 1. The van der Waals surface area contributed by atoms with Gasteiger partial charge in [0, 0.05) is 30.7 Å². The van der Waals surface area contributed by atoms with E-state index in [1.54, 1.807) is 0 Å². The van der Waals surface area contributed by atoms with Gasteiger partial charge in [-0.1, -0.05) is 35.9 Å². The number of nitrogens with one attached hydrogen (secondary N) is 1. The minimum Gasteiger partial charge on any atom is -0.352 e. The molecular formula is C18H16ClFN2O. The third-order valence-electron chi connectivity index (χ3n) is 3.85. The van der Waals surface area contributed by atoms with Gasteiger partial charge in [-0.3, -0.25) is 4.79 Å². The van der Waals surface area contributed by atoms with Crippen molar-refractivity contribution in [2.75, 3.05) is 6.54 Å². The highest BCUT2D eigenvalue weighted by Crippen LogP contribution is 2.21. The van der Waals surface area contributed by atoms with Gasteiger partial charge in [-0.15, -0.1) is 0 Å². The molecule has 3 nitrogen and oxygen atoms in total. The number of amides is 1. The molecule has 0 radical (unpaired) electrons. The maximum Gasteiger partial charge on any atom is 0.255 e. The Morgan fingerprint density at radius 1 is 1.22 bits per heavy atom. The fourth-order valence-corrected chi connectivity index (χ4v) is 2.99. The highest BCUT2D eigenvalue weighted by molar-refractivity contribution is 6.33. The van der Waals surface area contributed by atoms with Crippen molar-refractivity contribution >= 4 is 28.4 Å². The number of para-hydroxylation sites is 1. The van der Waals surface area contributed by atoms with Gasteiger partial charge in [-0.25, -0.2) is 4.39 Å². The Labute approximate surface area is 138 Å². The van der Waals surface area contributed by atoms with Crippen molar-refractivity contribution in [3.63, 3.8) is 0 Å². The quantitative estimate of drug-likeness (QED) is 0.772. The van der Waals surface area contributed by atoms with E-state index in [9.17, 15) is 9.18 Å². The molecule has 3 aromatic rings. The molecule has 0 aliphatic rings. The molecule has 0 bridgehead atoms. The monoisotopic (exact) mass is 330 g/mol. The number of carbonyl (C=O) groups is 1. The summed E-state index contributed by atoms with van der Waals surface area (Å²) in [5.74, 6) is -1.10. The van der Waals surface area contributed by atoms with Gasteiger partial charge < -0.3 is 9.88 Å². The number of fused-ring (bicyclic) bond motifs is 1. The molecule has 1 N–H and O–H groups in total. The molecule has 2 aromatic carbocycles. The van der Waals surface area contributed by atoms with Crippen molar-refractivity contribution in [1.29, 1.82) is 0 Å². The molecular weight excluding hydrogens is 315 g/mol. The Hall–Kier alpha value is -2.33. The molecule has 5 heteroatoms. The van der Waals surface area contributed by atoms with Crippen LogP contribution in [0.2, 0.25) is 5.02 Å². The highest BCUT2D eigenvalue weighted by atomic mass is 35.5. The maximum absolute atomic E-state index is 13.7. The maximum atomic E-state index is 13.7. The van der Waals surface area contributed by atoms with Gasteiger partial charge >= 0.3 is 0 Å². The van der Waals surface area contributed by atoms with Gasteiger partial charge in [-0.05, 0) is 30.2 Å². The van der Waals surface area contributed by atoms with E-state index in [0.717, 1.165) is 16.5 Å². The Kier molecular flexibility index (Phi) is 4.35. The van der Waals surface area contributed by atoms with Crippen LogP contribution in [-0.2, 0) is 13.5 Å². The second-order valence-corrected chi connectivity index (χ2v) is 5.79. The van der Waals surface area contributed by atoms with E-state index >= 15 is 0 Å². The summed E-state index contributed by atoms with van der Waals surface area (Å²) >= 11 is 5.90. The summed E-state index contributed by atoms with van der Waals surface area (Å²) in [4.78, 5) is 12.1. The lowest BCUT2D eigenvalue weighted by Crippen LogP contribution is -2.26. The fraction of sp³-hybridized carbons (Fsp3) is 0.167. The third-order valence-corrected chi connectivity index (χ3v) is 4.16. The lowest BCUT2D eigenvalue weighted by molar-refractivity contribution is 0.0950. The number of benzene rings is 2. The van der Waals surface area contributed by atoms with Crippen molar-refractivity contribution in [3.05, 3.63) is 70.6 Å². The van der Waals surface area contributed by atoms with Crippen molar-refractivity contribution < 1.29 is 9.18 Å². The molecule has 0 saturated carbocycles. The zero-order valence-electron chi connectivity index (χ0n) is 12.6. The molecule has 0 atom stereocenters. The van der Waals surface area contributed by atoms with Crippen LogP contribution in [0.25, 0.3) is 10.9 Å². The number of aryl methyl sites for hydroxylation is 1. The molecule has 118 valence electrons. The van der Waals surface area contributed by atoms with E-state index in [-0.39, 0.29) is 10.6 Å². The van der Waals surface area contributed by atoms with E-state index in [1.165, 1.54) is 18.2 Å². The van der Waals surface area contributed by atoms with Gasteiger partial charge in [0.1, 0.15) is 5.82 Å². The lowest BCUT2D eigenvalue weighted by Gasteiger charge is -2.07. The SMILES string of the molecule is Cn1cc(CCNC(=O)c2c(F)cccc2Cl)c2ccccc21. The van der Waals surface area contributed by atoms with Gasteiger partial charge in [-0.2, -0.15) is 0 Å². The topological polar surface area (TPSA) is 34.0 Å². The number of hydrogen-bond acceptors (Lipinski definition) is 1. The molecule has 1 amide bonds. The number of carbonyl (C=O) groups excluding carboxylic acids is 1. The first-order valence-electron chi connectivity index (χ1n) is 7.33. The summed E-state index contributed by atoms with van der Waals surface area (Å²) < 4.78 is 15.8. The summed E-state index contributed by atoms with van der Waals surface area (Å²) in [6.07, 6.45) is 2.71. The molecule has 0 unspecified atom stereocenters. The Balaban J connectivity index is 1.71. The van der Waals surface area contributed by atoms with Crippen molar-refractivity contribution in [1.82, 2.24) is 9.88 Å². The van der Waals surface area contributed by atoms with Crippen LogP contribution in [0.1, 0.15) is 15.9 Å². The summed E-state index contributed by atoms with van der Waals surface area (Å²) in [7, 11) is 1.99. The zero-order valence-corrected chi connectivity index (χ0v) is 13.4. The molecule has 1 heterocycles. The highest BCUT2D eigenvalue weighted by Gasteiger charge is 2.15. The zero-order chi connectivity index (χ0) is 16.4. The van der Waals surface area contributed by atoms with E-state index in [0.29, 0.717) is 13.0 Å². The first-order chi connectivity index (χ1) is 11.1. The number of hydrogen-bond donors (Lipinski definition) is 1. The predicted octanol–water partition coefficient (Wildman–Crippen LogP) is 3.94.